The molecule has 116 valence electrons. The second kappa shape index (κ2) is 6.08. The predicted octanol–water partition coefficient (Wildman–Crippen LogP) is 4.88. The van der Waals surface area contributed by atoms with Crippen molar-refractivity contribution in [3.63, 3.8) is 0 Å². The van der Waals surface area contributed by atoms with Gasteiger partial charge >= 0.3 is 0 Å². The molecule has 5 heteroatoms. The monoisotopic (exact) mass is 323 g/mol. The lowest BCUT2D eigenvalue weighted by molar-refractivity contribution is 0.534. The fourth-order valence-electron chi connectivity index (χ4n) is 2.65. The Hall–Kier alpha value is -2.27. The maximum Gasteiger partial charge on any atom is 0.208 e. The highest BCUT2D eigenvalue weighted by atomic mass is 32.2. The van der Waals surface area contributed by atoms with Gasteiger partial charge in [-0.15, -0.1) is 11.8 Å². The van der Waals surface area contributed by atoms with Gasteiger partial charge in [0.15, 0.2) is 5.58 Å². The predicted molar refractivity (Wildman–Crippen MR) is 95.2 cm³/mol. The number of oxazole rings is 1. The smallest absolute Gasteiger partial charge is 0.208 e. The van der Waals surface area contributed by atoms with Crippen molar-refractivity contribution in [2.45, 2.75) is 23.5 Å². The van der Waals surface area contributed by atoms with Gasteiger partial charge in [0.2, 0.25) is 5.89 Å². The Balaban J connectivity index is 1.61. The van der Waals surface area contributed by atoms with E-state index in [4.69, 9.17) is 4.42 Å². The Bertz CT molecular complexity index is 825. The second-order valence-corrected chi connectivity index (χ2v) is 6.84. The van der Waals surface area contributed by atoms with Crippen LogP contribution in [0.2, 0.25) is 0 Å². The molecule has 0 N–H and O–H groups in total. The zero-order chi connectivity index (χ0) is 15.6. The molecule has 0 aliphatic carbocycles. The molecular formula is C18H17N3OS. The van der Waals surface area contributed by atoms with Crippen molar-refractivity contribution in [3.8, 4) is 0 Å². The summed E-state index contributed by atoms with van der Waals surface area (Å²) in [6.07, 6.45) is 2.96. The van der Waals surface area contributed by atoms with E-state index in [-0.39, 0.29) is 5.25 Å². The average molecular weight is 323 g/mol. The number of rotatable bonds is 4. The van der Waals surface area contributed by atoms with Gasteiger partial charge in [0.05, 0.1) is 10.9 Å². The van der Waals surface area contributed by atoms with E-state index in [0.29, 0.717) is 0 Å². The molecule has 0 fully saturated rings. The van der Waals surface area contributed by atoms with Crippen LogP contribution in [0, 0.1) is 0 Å². The van der Waals surface area contributed by atoms with Crippen LogP contribution >= 0.6 is 11.8 Å². The SMILES string of the molecule is CC(Sc1ccccc1N1CCC=N1)c1nc2ccccc2o1. The van der Waals surface area contributed by atoms with Crippen LogP contribution in [0.25, 0.3) is 11.1 Å². The number of hydrazone groups is 1. The van der Waals surface area contributed by atoms with E-state index in [2.05, 4.69) is 46.3 Å². The fourth-order valence-corrected chi connectivity index (χ4v) is 3.69. The molecule has 1 aromatic heterocycles. The summed E-state index contributed by atoms with van der Waals surface area (Å²) >= 11 is 1.75. The number of fused-ring (bicyclic) bond motifs is 1. The number of para-hydroxylation sites is 3. The number of anilines is 1. The highest BCUT2D eigenvalue weighted by Gasteiger charge is 2.19. The van der Waals surface area contributed by atoms with Crippen LogP contribution < -0.4 is 5.01 Å². The van der Waals surface area contributed by atoms with E-state index in [0.717, 1.165) is 35.6 Å². The van der Waals surface area contributed by atoms with Crippen LogP contribution in [-0.2, 0) is 0 Å². The molecule has 4 nitrogen and oxygen atoms in total. The van der Waals surface area contributed by atoms with Gasteiger partial charge in [0.1, 0.15) is 5.52 Å². The van der Waals surface area contributed by atoms with E-state index < -0.39 is 0 Å². The van der Waals surface area contributed by atoms with Gasteiger partial charge in [0, 0.05) is 24.1 Å². The number of aromatic nitrogens is 1. The number of thioether (sulfide) groups is 1. The first-order chi connectivity index (χ1) is 11.3. The largest absolute Gasteiger partial charge is 0.439 e. The molecule has 0 radical (unpaired) electrons. The number of benzene rings is 2. The second-order valence-electron chi connectivity index (χ2n) is 5.46. The maximum atomic E-state index is 5.89. The normalized spacial score (nSPS) is 15.4. The van der Waals surface area contributed by atoms with Gasteiger partial charge in [-0.25, -0.2) is 4.98 Å². The molecular weight excluding hydrogens is 306 g/mol. The van der Waals surface area contributed by atoms with Gasteiger partial charge in [-0.1, -0.05) is 24.3 Å². The van der Waals surface area contributed by atoms with E-state index in [1.165, 1.54) is 4.90 Å². The molecule has 0 saturated heterocycles. The minimum absolute atomic E-state index is 0.134. The van der Waals surface area contributed by atoms with Crippen molar-refractivity contribution in [1.82, 2.24) is 4.98 Å². The number of hydrogen-bond donors (Lipinski definition) is 0. The van der Waals surface area contributed by atoms with Crippen LogP contribution in [0.3, 0.4) is 0 Å². The molecule has 4 rings (SSSR count). The molecule has 1 unspecified atom stereocenters. The zero-order valence-corrected chi connectivity index (χ0v) is 13.7. The first kappa shape index (κ1) is 14.3. The molecule has 1 aliphatic rings. The third kappa shape index (κ3) is 2.84. The summed E-state index contributed by atoms with van der Waals surface area (Å²) in [5, 5.41) is 6.63. The Morgan fingerprint density at radius 3 is 2.78 bits per heavy atom. The highest BCUT2D eigenvalue weighted by Crippen LogP contribution is 2.40. The summed E-state index contributed by atoms with van der Waals surface area (Å²) in [5.74, 6) is 0.760. The fraction of sp³-hybridized carbons (Fsp3) is 0.222. The standard InChI is InChI=1S/C18H17N3OS/c1-13(18-20-14-7-2-4-9-16(14)22-18)23-17-10-5-3-8-15(17)21-12-6-11-19-21/h2-5,7-11,13H,6,12H2,1H3. The van der Waals surface area contributed by atoms with Gasteiger partial charge in [-0.3, -0.25) is 5.01 Å². The summed E-state index contributed by atoms with van der Waals surface area (Å²) in [4.78, 5) is 5.80. The Labute approximate surface area is 139 Å². The molecule has 1 atom stereocenters. The minimum Gasteiger partial charge on any atom is -0.439 e. The topological polar surface area (TPSA) is 41.6 Å². The van der Waals surface area contributed by atoms with Crippen LogP contribution in [0.4, 0.5) is 5.69 Å². The third-order valence-corrected chi connectivity index (χ3v) is 4.95. The first-order valence-corrected chi connectivity index (χ1v) is 8.60. The molecule has 23 heavy (non-hydrogen) atoms. The van der Waals surface area contributed by atoms with Crippen molar-refractivity contribution in [2.24, 2.45) is 5.10 Å². The molecule has 0 spiro atoms. The lowest BCUT2D eigenvalue weighted by atomic mass is 10.3. The van der Waals surface area contributed by atoms with Crippen molar-refractivity contribution in [1.29, 1.82) is 0 Å². The van der Waals surface area contributed by atoms with Crippen LogP contribution in [0.5, 0.6) is 0 Å². The third-order valence-electron chi connectivity index (χ3n) is 3.80. The number of hydrogen-bond acceptors (Lipinski definition) is 5. The molecule has 2 heterocycles. The number of nitrogens with zero attached hydrogens (tertiary/aromatic N) is 3. The van der Waals surface area contributed by atoms with Crippen molar-refractivity contribution in [3.05, 3.63) is 54.4 Å². The van der Waals surface area contributed by atoms with Crippen LogP contribution in [0.1, 0.15) is 24.5 Å². The summed E-state index contributed by atoms with van der Waals surface area (Å²) in [7, 11) is 0. The van der Waals surface area contributed by atoms with E-state index in [9.17, 15) is 0 Å². The van der Waals surface area contributed by atoms with Gasteiger partial charge in [0.25, 0.3) is 0 Å². The Morgan fingerprint density at radius 1 is 1.13 bits per heavy atom. The van der Waals surface area contributed by atoms with Crippen molar-refractivity contribution < 1.29 is 4.42 Å². The average Bonchev–Trinajstić information content (AvgIpc) is 3.25. The summed E-state index contributed by atoms with van der Waals surface area (Å²) in [6.45, 7) is 3.06. The summed E-state index contributed by atoms with van der Waals surface area (Å²) in [5.41, 5.74) is 2.90. The van der Waals surface area contributed by atoms with Crippen LogP contribution in [-0.4, -0.2) is 17.7 Å². The lowest BCUT2D eigenvalue weighted by Gasteiger charge is -2.18. The lowest BCUT2D eigenvalue weighted by Crippen LogP contribution is -2.12. The van der Waals surface area contributed by atoms with Crippen molar-refractivity contribution >= 4 is 34.8 Å². The molecule has 2 aromatic carbocycles. The van der Waals surface area contributed by atoms with Gasteiger partial charge in [-0.2, -0.15) is 5.10 Å². The van der Waals surface area contributed by atoms with E-state index in [1.54, 1.807) is 11.8 Å². The van der Waals surface area contributed by atoms with E-state index in [1.807, 2.05) is 30.5 Å². The summed E-state index contributed by atoms with van der Waals surface area (Å²) in [6, 6.07) is 16.2. The van der Waals surface area contributed by atoms with Gasteiger partial charge in [-0.05, 0) is 31.2 Å². The molecule has 1 aliphatic heterocycles. The maximum absolute atomic E-state index is 5.89. The molecule has 0 amide bonds. The first-order valence-electron chi connectivity index (χ1n) is 7.72. The zero-order valence-electron chi connectivity index (χ0n) is 12.8. The molecule has 0 saturated carbocycles. The van der Waals surface area contributed by atoms with Crippen LogP contribution in [0.15, 0.2) is 62.9 Å². The van der Waals surface area contributed by atoms with Crippen molar-refractivity contribution in [2.75, 3.05) is 11.6 Å². The Morgan fingerprint density at radius 2 is 1.96 bits per heavy atom. The molecule has 0 bridgehead atoms. The molecule has 3 aromatic rings. The highest BCUT2D eigenvalue weighted by molar-refractivity contribution is 7.99. The minimum atomic E-state index is 0.134. The quantitative estimate of drug-likeness (QED) is 0.642. The van der Waals surface area contributed by atoms with Gasteiger partial charge < -0.3 is 4.42 Å². The summed E-state index contributed by atoms with van der Waals surface area (Å²) < 4.78 is 5.89. The van der Waals surface area contributed by atoms with E-state index >= 15 is 0 Å². The Kier molecular flexibility index (Phi) is 3.79.